The third-order valence-corrected chi connectivity index (χ3v) is 12.3. The molecule has 6 N–H and O–H groups in total. The largest absolute Gasteiger partial charge is 0.497 e. The van der Waals surface area contributed by atoms with Crippen molar-refractivity contribution in [2.45, 2.75) is 88.9 Å². The minimum Gasteiger partial charge on any atom is -0.497 e. The number of rotatable bonds is 11. The van der Waals surface area contributed by atoms with Crippen molar-refractivity contribution in [2.75, 3.05) is 19.4 Å². The predicted molar refractivity (Wildman–Crippen MR) is 195 cm³/mol. The standard InChI is InChI=1S/C35H45N6O9PS/c1-6-19-16-35(19,51(45,46)47)40-30(42)27-14-22(17-41(27)31(43)29(34(2,3)4)39-33(44)50-20-9-7-8-10-20)49-28-15-25(26-18-52-32(36)38-26)37-24-13-21(48-5)11-12-23(24)28/h6,11-13,15,18-20,22,27,29H,1,7-10,14,16-17H2,2-5H3,(H2,36,38)(H,39,44)(H,40,42)(H2,45,46,47)/t19-,22-,27+,29-,35+/m1/s1. The zero-order chi connectivity index (χ0) is 37.6. The summed E-state index contributed by atoms with van der Waals surface area (Å²) in [4.78, 5) is 72.6. The minimum atomic E-state index is -4.83. The van der Waals surface area contributed by atoms with Crippen LogP contribution < -0.4 is 25.8 Å². The van der Waals surface area contributed by atoms with Crippen molar-refractivity contribution in [3.05, 3.63) is 42.3 Å². The van der Waals surface area contributed by atoms with Gasteiger partial charge in [0.15, 0.2) is 5.13 Å². The van der Waals surface area contributed by atoms with Crippen LogP contribution in [0, 0.1) is 11.3 Å². The number of aromatic nitrogens is 2. The number of hydrogen-bond donors (Lipinski definition) is 5. The molecule has 0 unspecified atom stereocenters. The Hall–Kier alpha value is -4.24. The first-order valence-corrected chi connectivity index (χ1v) is 19.7. The molecule has 280 valence electrons. The van der Waals surface area contributed by atoms with Gasteiger partial charge in [-0.15, -0.1) is 17.9 Å². The molecular weight excluding hydrogens is 711 g/mol. The number of hydrogen-bond acceptors (Lipinski definition) is 11. The smallest absolute Gasteiger partial charge is 0.408 e. The molecule has 3 heterocycles. The highest BCUT2D eigenvalue weighted by molar-refractivity contribution is 7.54. The van der Waals surface area contributed by atoms with Gasteiger partial charge in [0, 0.05) is 35.2 Å². The van der Waals surface area contributed by atoms with Gasteiger partial charge in [-0.05, 0) is 49.7 Å². The molecule has 3 fully saturated rings. The summed E-state index contributed by atoms with van der Waals surface area (Å²) in [6.07, 6.45) is 3.06. The van der Waals surface area contributed by atoms with Gasteiger partial charge < -0.3 is 45.3 Å². The van der Waals surface area contributed by atoms with Crippen LogP contribution in [0.15, 0.2) is 42.3 Å². The van der Waals surface area contributed by atoms with Gasteiger partial charge in [-0.1, -0.05) is 26.8 Å². The number of nitrogens with two attached hydrogens (primary N) is 1. The maximum Gasteiger partial charge on any atom is 0.408 e. The molecule has 2 aliphatic carbocycles. The summed E-state index contributed by atoms with van der Waals surface area (Å²) in [6.45, 7) is 8.95. The van der Waals surface area contributed by atoms with E-state index in [1.54, 1.807) is 57.5 Å². The Kier molecular flexibility index (Phi) is 10.3. The third-order valence-electron chi connectivity index (χ3n) is 9.98. The average Bonchev–Trinajstić information content (AvgIpc) is 3.46. The van der Waals surface area contributed by atoms with Gasteiger partial charge in [0.2, 0.25) is 11.8 Å². The van der Waals surface area contributed by atoms with E-state index in [0.717, 1.165) is 25.7 Å². The lowest BCUT2D eigenvalue weighted by Crippen LogP contribution is -2.58. The molecule has 6 rings (SSSR count). The first-order chi connectivity index (χ1) is 24.5. The van der Waals surface area contributed by atoms with Crippen LogP contribution in [-0.2, 0) is 18.9 Å². The van der Waals surface area contributed by atoms with Crippen LogP contribution >= 0.6 is 18.9 Å². The Bertz CT molecular complexity index is 1920. The maximum atomic E-state index is 14.5. The van der Waals surface area contributed by atoms with E-state index in [9.17, 15) is 28.7 Å². The van der Waals surface area contributed by atoms with Crippen molar-refractivity contribution in [1.82, 2.24) is 25.5 Å². The van der Waals surface area contributed by atoms with E-state index in [1.807, 2.05) is 0 Å². The fourth-order valence-corrected chi connectivity index (χ4v) is 8.80. The Morgan fingerprint density at radius 3 is 2.48 bits per heavy atom. The highest BCUT2D eigenvalue weighted by Crippen LogP contribution is 2.67. The number of nitrogens with zero attached hydrogens (tertiary/aromatic N) is 3. The highest BCUT2D eigenvalue weighted by Gasteiger charge is 2.66. The molecule has 2 saturated carbocycles. The van der Waals surface area contributed by atoms with Gasteiger partial charge >= 0.3 is 13.7 Å². The van der Waals surface area contributed by atoms with Crippen molar-refractivity contribution >= 4 is 52.9 Å². The van der Waals surface area contributed by atoms with E-state index in [0.29, 0.717) is 38.9 Å². The predicted octanol–water partition coefficient (Wildman–Crippen LogP) is 4.58. The molecule has 1 aliphatic heterocycles. The monoisotopic (exact) mass is 756 g/mol. The molecule has 2 aromatic heterocycles. The Morgan fingerprint density at radius 2 is 1.88 bits per heavy atom. The summed E-state index contributed by atoms with van der Waals surface area (Å²) in [5.41, 5.74) is 6.66. The number of ether oxygens (including phenoxy) is 3. The zero-order valence-corrected chi connectivity index (χ0v) is 31.2. The van der Waals surface area contributed by atoms with Crippen molar-refractivity contribution < 1.29 is 42.9 Å². The van der Waals surface area contributed by atoms with Crippen molar-refractivity contribution in [3.63, 3.8) is 0 Å². The van der Waals surface area contributed by atoms with Crippen LogP contribution in [0.3, 0.4) is 0 Å². The fraction of sp³-hybridized carbons (Fsp3) is 0.514. The lowest BCUT2D eigenvalue weighted by Gasteiger charge is -2.35. The zero-order valence-electron chi connectivity index (χ0n) is 29.5. The van der Waals surface area contributed by atoms with Gasteiger partial charge in [0.1, 0.15) is 46.8 Å². The van der Waals surface area contributed by atoms with Gasteiger partial charge in [-0.2, -0.15) is 0 Å². The molecule has 52 heavy (non-hydrogen) atoms. The second kappa shape index (κ2) is 14.3. The summed E-state index contributed by atoms with van der Waals surface area (Å²) in [6, 6.07) is 4.71. The van der Waals surface area contributed by atoms with Crippen LogP contribution in [0.1, 0.15) is 59.3 Å². The number of thiazole rings is 1. The molecule has 0 bridgehead atoms. The fourth-order valence-electron chi connectivity index (χ4n) is 7.02. The molecule has 15 nitrogen and oxygen atoms in total. The second-order valence-electron chi connectivity index (χ2n) is 14.7. The number of fused-ring (bicyclic) bond motifs is 1. The van der Waals surface area contributed by atoms with Crippen molar-refractivity contribution in [3.8, 4) is 22.9 Å². The Balaban J connectivity index is 1.33. The minimum absolute atomic E-state index is 0.00265. The highest BCUT2D eigenvalue weighted by atomic mass is 32.1. The van der Waals surface area contributed by atoms with Gasteiger partial charge in [-0.25, -0.2) is 14.8 Å². The number of methoxy groups -OCH3 is 1. The van der Waals surface area contributed by atoms with Crippen molar-refractivity contribution in [2.24, 2.45) is 11.3 Å². The molecule has 0 radical (unpaired) electrons. The van der Waals surface area contributed by atoms with Gasteiger partial charge in [-0.3, -0.25) is 14.2 Å². The number of anilines is 1. The van der Waals surface area contributed by atoms with Crippen molar-refractivity contribution in [1.29, 1.82) is 0 Å². The first-order valence-electron chi connectivity index (χ1n) is 17.2. The topological polar surface area (TPSA) is 216 Å². The van der Waals surface area contributed by atoms with E-state index < -0.39 is 60.3 Å². The van der Waals surface area contributed by atoms with Gasteiger partial charge in [0.05, 0.1) is 24.9 Å². The average molecular weight is 757 g/mol. The normalized spacial score (nSPS) is 24.0. The number of benzene rings is 1. The van der Waals surface area contributed by atoms with Crippen LogP contribution in [0.2, 0.25) is 0 Å². The van der Waals surface area contributed by atoms with Crippen LogP contribution in [-0.4, -0.2) is 85.8 Å². The SMILES string of the molecule is C=C[C@@H]1C[C@]1(NC(=O)[C@@H]1C[C@@H](Oc2cc(-c3csc(N)n3)nc3cc(OC)ccc23)CN1C(=O)[C@@H](NC(=O)OC1CCCC1)C(C)(C)C)P(=O)(O)O. The molecule has 0 spiro atoms. The Morgan fingerprint density at radius 1 is 1.15 bits per heavy atom. The summed E-state index contributed by atoms with van der Waals surface area (Å²) in [5, 5.41) is 6.28. The quantitative estimate of drug-likeness (QED) is 0.134. The first kappa shape index (κ1) is 37.5. The number of pyridine rings is 1. The van der Waals surface area contributed by atoms with E-state index in [-0.39, 0.29) is 25.5 Å². The Labute approximate surface area is 305 Å². The summed E-state index contributed by atoms with van der Waals surface area (Å²) >= 11 is 1.26. The second-order valence-corrected chi connectivity index (χ2v) is 17.5. The lowest BCUT2D eigenvalue weighted by atomic mass is 9.85. The molecule has 1 saturated heterocycles. The molecule has 3 aliphatic rings. The van der Waals surface area contributed by atoms with Crippen LogP contribution in [0.5, 0.6) is 11.5 Å². The maximum absolute atomic E-state index is 14.5. The number of amides is 3. The number of nitrogen functional groups attached to an aromatic ring is 1. The van der Waals surface area contributed by atoms with E-state index in [4.69, 9.17) is 24.9 Å². The summed E-state index contributed by atoms with van der Waals surface area (Å²) in [7, 11) is -3.28. The summed E-state index contributed by atoms with van der Waals surface area (Å²) < 4.78 is 30.2. The number of carbonyl (C=O) groups is 3. The molecule has 3 amide bonds. The number of carbonyl (C=O) groups excluding carboxylic acids is 3. The molecule has 3 aromatic rings. The number of nitrogens with one attached hydrogen (secondary N) is 2. The number of likely N-dealkylation sites (tertiary alicyclic amines) is 1. The molecule has 1 aromatic carbocycles. The molecule has 5 atom stereocenters. The van der Waals surface area contributed by atoms with E-state index in [1.165, 1.54) is 22.3 Å². The van der Waals surface area contributed by atoms with Crippen LogP contribution in [0.4, 0.5) is 9.93 Å². The third kappa shape index (κ3) is 7.61. The number of alkyl carbamates (subject to hydrolysis) is 1. The lowest BCUT2D eigenvalue weighted by molar-refractivity contribution is -0.142. The van der Waals surface area contributed by atoms with Gasteiger partial charge in [0.25, 0.3) is 0 Å². The van der Waals surface area contributed by atoms with E-state index >= 15 is 0 Å². The van der Waals surface area contributed by atoms with Crippen LogP contribution in [0.25, 0.3) is 22.3 Å². The van der Waals surface area contributed by atoms with E-state index in [2.05, 4.69) is 22.2 Å². The summed E-state index contributed by atoms with van der Waals surface area (Å²) in [5.74, 6) is -0.997. The molecule has 17 heteroatoms. The molecular formula is C35H45N6O9PS.